The zero-order valence-electron chi connectivity index (χ0n) is 12.2. The number of anilines is 1. The molecule has 1 aromatic heterocycles. The standard InChI is InChI=1S/C16H19ClN4O/c17-13-8-12(9-15(22)10-13)11-21-6-3-14(4-7-21)19-16-2-1-5-18-20-16/h1-2,5,8-10,14,22H,3-4,6-7,11H2,(H,19,20). The van der Waals surface area contributed by atoms with Gasteiger partial charge in [-0.3, -0.25) is 4.90 Å². The van der Waals surface area contributed by atoms with Crippen LogP contribution in [0.5, 0.6) is 5.75 Å². The van der Waals surface area contributed by atoms with E-state index in [1.807, 2.05) is 18.2 Å². The predicted octanol–water partition coefficient (Wildman–Crippen LogP) is 2.91. The predicted molar refractivity (Wildman–Crippen MR) is 87.1 cm³/mol. The zero-order chi connectivity index (χ0) is 15.4. The summed E-state index contributed by atoms with van der Waals surface area (Å²) in [7, 11) is 0. The first-order valence-corrected chi connectivity index (χ1v) is 7.82. The number of phenols is 1. The molecule has 1 saturated heterocycles. The number of rotatable bonds is 4. The molecular formula is C16H19ClN4O. The lowest BCUT2D eigenvalue weighted by Crippen LogP contribution is -2.38. The lowest BCUT2D eigenvalue weighted by Gasteiger charge is -2.32. The molecule has 0 atom stereocenters. The fourth-order valence-corrected chi connectivity index (χ4v) is 3.06. The number of benzene rings is 1. The van der Waals surface area contributed by atoms with Crippen molar-refractivity contribution >= 4 is 17.4 Å². The Bertz CT molecular complexity index is 595. The maximum atomic E-state index is 9.60. The first-order valence-electron chi connectivity index (χ1n) is 7.44. The molecule has 2 N–H and O–H groups in total. The van der Waals surface area contributed by atoms with Crippen molar-refractivity contribution in [1.82, 2.24) is 15.1 Å². The molecule has 1 aliphatic heterocycles. The van der Waals surface area contributed by atoms with Gasteiger partial charge in [0, 0.05) is 36.9 Å². The van der Waals surface area contributed by atoms with E-state index in [2.05, 4.69) is 20.4 Å². The molecular weight excluding hydrogens is 300 g/mol. The van der Waals surface area contributed by atoms with Gasteiger partial charge in [0.2, 0.25) is 0 Å². The molecule has 5 nitrogen and oxygen atoms in total. The summed E-state index contributed by atoms with van der Waals surface area (Å²) in [6, 6.07) is 9.49. The highest BCUT2D eigenvalue weighted by molar-refractivity contribution is 6.30. The minimum absolute atomic E-state index is 0.224. The number of halogens is 1. The molecule has 3 rings (SSSR count). The van der Waals surface area contributed by atoms with Crippen molar-refractivity contribution in [2.24, 2.45) is 0 Å². The van der Waals surface area contributed by atoms with Crippen LogP contribution in [0.15, 0.2) is 36.5 Å². The zero-order valence-corrected chi connectivity index (χ0v) is 13.0. The number of nitrogens with zero attached hydrogens (tertiary/aromatic N) is 3. The summed E-state index contributed by atoms with van der Waals surface area (Å²) in [5.74, 6) is 1.06. The first kappa shape index (κ1) is 15.1. The molecule has 1 aliphatic rings. The molecule has 1 aromatic carbocycles. The average Bonchev–Trinajstić information content (AvgIpc) is 2.49. The summed E-state index contributed by atoms with van der Waals surface area (Å²) in [4.78, 5) is 2.37. The van der Waals surface area contributed by atoms with E-state index in [-0.39, 0.29) is 5.75 Å². The van der Waals surface area contributed by atoms with Crippen molar-refractivity contribution in [3.8, 4) is 5.75 Å². The Morgan fingerprint density at radius 3 is 2.77 bits per heavy atom. The van der Waals surface area contributed by atoms with Gasteiger partial charge >= 0.3 is 0 Å². The minimum atomic E-state index is 0.224. The molecule has 2 aromatic rings. The quantitative estimate of drug-likeness (QED) is 0.907. The summed E-state index contributed by atoms with van der Waals surface area (Å²) < 4.78 is 0. The van der Waals surface area contributed by atoms with Crippen molar-refractivity contribution in [1.29, 1.82) is 0 Å². The van der Waals surface area contributed by atoms with Gasteiger partial charge in [0.05, 0.1) is 0 Å². The van der Waals surface area contributed by atoms with Crippen molar-refractivity contribution < 1.29 is 5.11 Å². The molecule has 0 radical (unpaired) electrons. The number of aromatic hydroxyl groups is 1. The smallest absolute Gasteiger partial charge is 0.148 e. The van der Waals surface area contributed by atoms with Gasteiger partial charge in [0.1, 0.15) is 11.6 Å². The number of phenolic OH excluding ortho intramolecular Hbond substituents is 1. The molecule has 6 heteroatoms. The number of aromatic nitrogens is 2. The van der Waals surface area contributed by atoms with Crippen LogP contribution in [-0.2, 0) is 6.54 Å². The maximum Gasteiger partial charge on any atom is 0.148 e. The number of hydrogen-bond donors (Lipinski definition) is 2. The largest absolute Gasteiger partial charge is 0.508 e. The van der Waals surface area contributed by atoms with E-state index in [1.54, 1.807) is 18.3 Å². The molecule has 0 bridgehead atoms. The highest BCUT2D eigenvalue weighted by Gasteiger charge is 2.19. The van der Waals surface area contributed by atoms with Gasteiger partial charge in [-0.2, -0.15) is 5.10 Å². The lowest BCUT2D eigenvalue weighted by atomic mass is 10.0. The highest BCUT2D eigenvalue weighted by atomic mass is 35.5. The Morgan fingerprint density at radius 2 is 2.09 bits per heavy atom. The second-order valence-corrected chi connectivity index (χ2v) is 6.06. The third-order valence-electron chi connectivity index (χ3n) is 3.86. The van der Waals surface area contributed by atoms with Crippen LogP contribution in [-0.4, -0.2) is 39.3 Å². The lowest BCUT2D eigenvalue weighted by molar-refractivity contribution is 0.211. The molecule has 116 valence electrons. The number of hydrogen-bond acceptors (Lipinski definition) is 5. The van der Waals surface area contributed by atoms with E-state index in [0.717, 1.165) is 43.9 Å². The topological polar surface area (TPSA) is 61.3 Å². The van der Waals surface area contributed by atoms with Crippen LogP contribution in [0.2, 0.25) is 5.02 Å². The van der Waals surface area contributed by atoms with Gasteiger partial charge in [-0.25, -0.2) is 0 Å². The minimum Gasteiger partial charge on any atom is -0.508 e. The molecule has 2 heterocycles. The van der Waals surface area contributed by atoms with Gasteiger partial charge in [0.25, 0.3) is 0 Å². The van der Waals surface area contributed by atoms with Crippen molar-refractivity contribution in [2.75, 3.05) is 18.4 Å². The number of piperidine rings is 1. The SMILES string of the molecule is Oc1cc(Cl)cc(CN2CCC(Nc3cccnn3)CC2)c1. The second-order valence-electron chi connectivity index (χ2n) is 5.62. The van der Waals surface area contributed by atoms with Crippen LogP contribution in [0.4, 0.5) is 5.82 Å². The monoisotopic (exact) mass is 318 g/mol. The van der Waals surface area contributed by atoms with Crippen molar-refractivity contribution in [2.45, 2.75) is 25.4 Å². The van der Waals surface area contributed by atoms with Crippen LogP contribution in [0.25, 0.3) is 0 Å². The van der Waals surface area contributed by atoms with Gasteiger partial charge in [-0.05, 0) is 48.7 Å². The van der Waals surface area contributed by atoms with Crippen LogP contribution < -0.4 is 5.32 Å². The molecule has 0 saturated carbocycles. The Kier molecular flexibility index (Phi) is 4.75. The van der Waals surface area contributed by atoms with Gasteiger partial charge in [-0.1, -0.05) is 11.6 Å². The van der Waals surface area contributed by atoms with Crippen LogP contribution in [0.3, 0.4) is 0 Å². The Hall–Kier alpha value is -1.85. The average molecular weight is 319 g/mol. The van der Waals surface area contributed by atoms with Gasteiger partial charge in [-0.15, -0.1) is 5.10 Å². The van der Waals surface area contributed by atoms with E-state index >= 15 is 0 Å². The Morgan fingerprint density at radius 1 is 1.27 bits per heavy atom. The summed E-state index contributed by atoms with van der Waals surface area (Å²) in [6.07, 6.45) is 3.79. The van der Waals surface area contributed by atoms with Crippen molar-refractivity contribution in [3.63, 3.8) is 0 Å². The second kappa shape index (κ2) is 6.94. The summed E-state index contributed by atoms with van der Waals surface area (Å²) >= 11 is 5.98. The molecule has 0 amide bonds. The van der Waals surface area contributed by atoms with Crippen LogP contribution >= 0.6 is 11.6 Å². The number of likely N-dealkylation sites (tertiary alicyclic amines) is 1. The van der Waals surface area contributed by atoms with E-state index in [1.165, 1.54) is 0 Å². The summed E-state index contributed by atoms with van der Waals surface area (Å²) in [6.45, 7) is 2.82. The molecule has 0 unspecified atom stereocenters. The summed E-state index contributed by atoms with van der Waals surface area (Å²) in [5.41, 5.74) is 1.05. The molecule has 0 spiro atoms. The molecule has 1 fully saturated rings. The van der Waals surface area contributed by atoms with E-state index in [0.29, 0.717) is 11.1 Å². The Labute approximate surface area is 134 Å². The van der Waals surface area contributed by atoms with Crippen LogP contribution in [0, 0.1) is 0 Å². The van der Waals surface area contributed by atoms with Crippen LogP contribution in [0.1, 0.15) is 18.4 Å². The van der Waals surface area contributed by atoms with E-state index in [9.17, 15) is 5.11 Å². The maximum absolute atomic E-state index is 9.60. The summed E-state index contributed by atoms with van der Waals surface area (Å²) in [5, 5.41) is 21.5. The fraction of sp³-hybridized carbons (Fsp3) is 0.375. The fourth-order valence-electron chi connectivity index (χ4n) is 2.81. The normalized spacial score (nSPS) is 16.6. The molecule has 22 heavy (non-hydrogen) atoms. The number of nitrogens with one attached hydrogen (secondary N) is 1. The van der Waals surface area contributed by atoms with E-state index in [4.69, 9.17) is 11.6 Å². The van der Waals surface area contributed by atoms with Crippen molar-refractivity contribution in [3.05, 3.63) is 47.1 Å². The Balaban J connectivity index is 1.51. The third-order valence-corrected chi connectivity index (χ3v) is 4.08. The van der Waals surface area contributed by atoms with Gasteiger partial charge in [0.15, 0.2) is 0 Å². The van der Waals surface area contributed by atoms with Gasteiger partial charge < -0.3 is 10.4 Å². The highest BCUT2D eigenvalue weighted by Crippen LogP contribution is 2.22. The van der Waals surface area contributed by atoms with E-state index < -0.39 is 0 Å². The molecule has 0 aliphatic carbocycles. The third kappa shape index (κ3) is 4.08. The first-order chi connectivity index (χ1) is 10.7.